The Morgan fingerprint density at radius 1 is 1.22 bits per heavy atom. The molecule has 0 radical (unpaired) electrons. The second kappa shape index (κ2) is 7.23. The lowest BCUT2D eigenvalue weighted by atomic mass is 9.86. The fourth-order valence-electron chi connectivity index (χ4n) is 3.17. The molecule has 2 aromatic heterocycles. The maximum absolute atomic E-state index is 12.9. The summed E-state index contributed by atoms with van der Waals surface area (Å²) in [4.78, 5) is 30.3. The van der Waals surface area contributed by atoms with Crippen LogP contribution in [-0.2, 0) is 17.8 Å². The maximum Gasteiger partial charge on any atom is 0.240 e. The van der Waals surface area contributed by atoms with E-state index >= 15 is 0 Å². The molecule has 0 spiro atoms. The van der Waals surface area contributed by atoms with E-state index in [1.807, 2.05) is 56.8 Å². The van der Waals surface area contributed by atoms with Crippen molar-refractivity contribution in [1.29, 1.82) is 0 Å². The van der Waals surface area contributed by atoms with Crippen LogP contribution in [0.4, 0.5) is 5.82 Å². The van der Waals surface area contributed by atoms with Gasteiger partial charge < -0.3 is 15.5 Å². The molecule has 27 heavy (non-hydrogen) atoms. The monoisotopic (exact) mass is 368 g/mol. The summed E-state index contributed by atoms with van der Waals surface area (Å²) < 4.78 is 0. The summed E-state index contributed by atoms with van der Waals surface area (Å²) in [6, 6.07) is 3.25. The molecule has 0 saturated heterocycles. The first-order chi connectivity index (χ1) is 12.7. The number of rotatable bonds is 3. The third kappa shape index (κ3) is 3.93. The van der Waals surface area contributed by atoms with Gasteiger partial charge in [-0.05, 0) is 24.0 Å². The Hall–Kier alpha value is -2.54. The van der Waals surface area contributed by atoms with Crippen LogP contribution in [0.2, 0.25) is 0 Å². The molecule has 1 amide bonds. The lowest BCUT2D eigenvalue weighted by molar-refractivity contribution is -0.136. The normalized spacial score (nSPS) is 15.3. The molecule has 0 aromatic carbocycles. The summed E-state index contributed by atoms with van der Waals surface area (Å²) in [5, 5.41) is 0. The van der Waals surface area contributed by atoms with Gasteiger partial charge in [0.2, 0.25) is 5.91 Å². The Morgan fingerprint density at radius 2 is 1.89 bits per heavy atom. The fraction of sp³-hybridized carbons (Fsp3) is 0.500. The highest BCUT2D eigenvalue weighted by Crippen LogP contribution is 2.29. The predicted molar refractivity (Wildman–Crippen MR) is 106 cm³/mol. The molecule has 0 aliphatic carbocycles. The zero-order valence-electron chi connectivity index (χ0n) is 16.7. The van der Waals surface area contributed by atoms with Gasteiger partial charge in [0.25, 0.3) is 0 Å². The number of hydrogen-bond acceptors (Lipinski definition) is 6. The first-order valence-corrected chi connectivity index (χ1v) is 9.20. The van der Waals surface area contributed by atoms with E-state index in [0.29, 0.717) is 18.9 Å². The number of pyridine rings is 1. The molecule has 7 heteroatoms. The summed E-state index contributed by atoms with van der Waals surface area (Å²) >= 11 is 0. The molecule has 3 heterocycles. The molecular weight excluding hydrogens is 340 g/mol. The number of carbonyl (C=O) groups excluding carboxylic acids is 1. The number of fused-ring (bicyclic) bond motifs is 1. The summed E-state index contributed by atoms with van der Waals surface area (Å²) in [6.07, 6.45) is 4.18. The molecule has 0 fully saturated rings. The topological polar surface area (TPSA) is 88.2 Å². The summed E-state index contributed by atoms with van der Waals surface area (Å²) in [5.41, 5.74) is 8.83. The van der Waals surface area contributed by atoms with Crippen LogP contribution in [-0.4, -0.2) is 52.4 Å². The van der Waals surface area contributed by atoms with Crippen molar-refractivity contribution in [3.05, 3.63) is 35.8 Å². The highest BCUT2D eigenvalue weighted by molar-refractivity contribution is 5.82. The first kappa shape index (κ1) is 19.2. The van der Waals surface area contributed by atoms with Crippen LogP contribution in [0, 0.1) is 5.41 Å². The first-order valence-electron chi connectivity index (χ1n) is 9.20. The highest BCUT2D eigenvalue weighted by atomic mass is 16.2. The zero-order chi connectivity index (χ0) is 19.8. The molecule has 1 unspecified atom stereocenters. The standard InChI is InChI=1S/C20H28N6O/c1-20(2,3)16(21)19(27)26-11-8-14-15(12-26)23-17(24-18(14)25(4)5)13-6-9-22-10-7-13/h6-7,9-10,16H,8,11-12,21H2,1-5H3. The van der Waals surface area contributed by atoms with Gasteiger partial charge in [-0.1, -0.05) is 20.8 Å². The molecular formula is C20H28N6O. The van der Waals surface area contributed by atoms with Gasteiger partial charge in [0.05, 0.1) is 18.3 Å². The zero-order valence-corrected chi connectivity index (χ0v) is 16.7. The van der Waals surface area contributed by atoms with E-state index in [-0.39, 0.29) is 11.3 Å². The van der Waals surface area contributed by atoms with Crippen LogP contribution in [0.15, 0.2) is 24.5 Å². The van der Waals surface area contributed by atoms with E-state index in [4.69, 9.17) is 15.7 Å². The SMILES string of the molecule is CN(C)c1nc(-c2ccncc2)nc2c1CCN(C(=O)C(N)C(C)(C)C)C2. The van der Waals surface area contributed by atoms with Crippen molar-refractivity contribution in [2.24, 2.45) is 11.1 Å². The maximum atomic E-state index is 12.9. The van der Waals surface area contributed by atoms with E-state index in [1.54, 1.807) is 12.4 Å². The van der Waals surface area contributed by atoms with Crippen molar-refractivity contribution in [2.75, 3.05) is 25.5 Å². The number of nitrogens with two attached hydrogens (primary N) is 1. The van der Waals surface area contributed by atoms with Crippen LogP contribution < -0.4 is 10.6 Å². The minimum atomic E-state index is -0.533. The molecule has 1 aliphatic rings. The summed E-state index contributed by atoms with van der Waals surface area (Å²) in [7, 11) is 3.96. The number of aromatic nitrogens is 3. The largest absolute Gasteiger partial charge is 0.362 e. The second-order valence-corrected chi connectivity index (χ2v) is 8.28. The molecule has 1 aliphatic heterocycles. The molecule has 3 rings (SSSR count). The van der Waals surface area contributed by atoms with Gasteiger partial charge in [0.1, 0.15) is 5.82 Å². The van der Waals surface area contributed by atoms with Gasteiger partial charge in [0, 0.05) is 44.2 Å². The van der Waals surface area contributed by atoms with Gasteiger partial charge in [-0.15, -0.1) is 0 Å². The fourth-order valence-corrected chi connectivity index (χ4v) is 3.17. The summed E-state index contributed by atoms with van der Waals surface area (Å²) in [6.45, 7) is 7.05. The van der Waals surface area contributed by atoms with Crippen molar-refractivity contribution < 1.29 is 4.79 Å². The smallest absolute Gasteiger partial charge is 0.240 e. The molecule has 0 bridgehead atoms. The van der Waals surface area contributed by atoms with E-state index in [0.717, 1.165) is 29.1 Å². The molecule has 144 valence electrons. The number of nitrogens with zero attached hydrogens (tertiary/aromatic N) is 5. The van der Waals surface area contributed by atoms with Gasteiger partial charge in [0.15, 0.2) is 5.82 Å². The average molecular weight is 368 g/mol. The average Bonchev–Trinajstić information content (AvgIpc) is 2.65. The van der Waals surface area contributed by atoms with Crippen molar-refractivity contribution in [3.63, 3.8) is 0 Å². The quantitative estimate of drug-likeness (QED) is 0.890. The number of hydrogen-bond donors (Lipinski definition) is 1. The molecule has 0 saturated carbocycles. The Morgan fingerprint density at radius 3 is 2.48 bits per heavy atom. The Kier molecular flexibility index (Phi) is 5.15. The van der Waals surface area contributed by atoms with Crippen LogP contribution in [0.5, 0.6) is 0 Å². The van der Waals surface area contributed by atoms with Crippen molar-refractivity contribution in [1.82, 2.24) is 19.9 Å². The molecule has 1 atom stereocenters. The predicted octanol–water partition coefficient (Wildman–Crippen LogP) is 1.86. The van der Waals surface area contributed by atoms with Gasteiger partial charge >= 0.3 is 0 Å². The number of amides is 1. The lowest BCUT2D eigenvalue weighted by Crippen LogP contribution is -2.51. The Bertz CT molecular complexity index is 828. The van der Waals surface area contributed by atoms with Crippen molar-refractivity contribution in [2.45, 2.75) is 39.8 Å². The Labute approximate surface area is 160 Å². The van der Waals surface area contributed by atoms with Crippen LogP contribution in [0.25, 0.3) is 11.4 Å². The van der Waals surface area contributed by atoms with Crippen LogP contribution >= 0.6 is 0 Å². The third-order valence-corrected chi connectivity index (χ3v) is 4.92. The molecule has 2 N–H and O–H groups in total. The van der Waals surface area contributed by atoms with Crippen LogP contribution in [0.1, 0.15) is 32.0 Å². The van der Waals surface area contributed by atoms with E-state index in [2.05, 4.69) is 4.98 Å². The Balaban J connectivity index is 1.97. The van der Waals surface area contributed by atoms with Crippen LogP contribution in [0.3, 0.4) is 0 Å². The highest BCUT2D eigenvalue weighted by Gasteiger charge is 2.34. The van der Waals surface area contributed by atoms with E-state index in [1.165, 1.54) is 0 Å². The lowest BCUT2D eigenvalue weighted by Gasteiger charge is -2.35. The van der Waals surface area contributed by atoms with Gasteiger partial charge in [-0.2, -0.15) is 0 Å². The van der Waals surface area contributed by atoms with E-state index in [9.17, 15) is 4.79 Å². The minimum absolute atomic E-state index is 0.0244. The van der Waals surface area contributed by atoms with Crippen molar-refractivity contribution >= 4 is 11.7 Å². The molecule has 2 aromatic rings. The number of anilines is 1. The van der Waals surface area contributed by atoms with Crippen molar-refractivity contribution in [3.8, 4) is 11.4 Å². The summed E-state index contributed by atoms with van der Waals surface area (Å²) in [5.74, 6) is 1.52. The van der Waals surface area contributed by atoms with Gasteiger partial charge in [-0.25, -0.2) is 9.97 Å². The minimum Gasteiger partial charge on any atom is -0.362 e. The van der Waals surface area contributed by atoms with E-state index < -0.39 is 6.04 Å². The second-order valence-electron chi connectivity index (χ2n) is 8.28. The molecule has 7 nitrogen and oxygen atoms in total. The number of carbonyl (C=O) groups is 1. The third-order valence-electron chi connectivity index (χ3n) is 4.92. The van der Waals surface area contributed by atoms with Gasteiger partial charge in [-0.3, -0.25) is 9.78 Å².